The van der Waals surface area contributed by atoms with Crippen LogP contribution in [0.3, 0.4) is 0 Å². The molecule has 3 heterocycles. The quantitative estimate of drug-likeness (QED) is 0.196. The minimum atomic E-state index is 0. The van der Waals surface area contributed by atoms with Gasteiger partial charge in [-0.05, 0) is 63.6 Å². The Morgan fingerprint density at radius 1 is 1.34 bits per heavy atom. The molecule has 8 heteroatoms. The summed E-state index contributed by atoms with van der Waals surface area (Å²) in [7, 11) is 0. The SMILES string of the molecule is CCNC(=NCC(c1cccs1)N1CCCC1)NCCCOCC1CCCO1.I. The molecular weight excluding hydrogens is 499 g/mol. The molecule has 2 unspecified atom stereocenters. The number of aliphatic imine (C=N–C) groups is 1. The van der Waals surface area contributed by atoms with Crippen molar-refractivity contribution in [1.82, 2.24) is 15.5 Å². The second kappa shape index (κ2) is 14.6. The summed E-state index contributed by atoms with van der Waals surface area (Å²) in [6.07, 6.45) is 6.19. The van der Waals surface area contributed by atoms with Crippen LogP contribution in [0.1, 0.15) is 49.9 Å². The molecule has 3 rings (SSSR count). The highest BCUT2D eigenvalue weighted by Crippen LogP contribution is 2.28. The number of thiophene rings is 1. The molecular formula is C21H37IN4O2S. The minimum Gasteiger partial charge on any atom is -0.379 e. The summed E-state index contributed by atoms with van der Waals surface area (Å²) in [5, 5.41) is 8.99. The maximum absolute atomic E-state index is 5.74. The first-order valence-electron chi connectivity index (χ1n) is 10.9. The molecule has 6 nitrogen and oxygen atoms in total. The lowest BCUT2D eigenvalue weighted by Crippen LogP contribution is -2.39. The number of halogens is 1. The van der Waals surface area contributed by atoms with Crippen LogP contribution in [-0.4, -0.2) is 69.5 Å². The van der Waals surface area contributed by atoms with E-state index in [1.807, 2.05) is 11.3 Å². The number of nitrogens with one attached hydrogen (secondary N) is 2. The Balaban J connectivity index is 0.00000300. The van der Waals surface area contributed by atoms with Crippen molar-refractivity contribution in [3.63, 3.8) is 0 Å². The number of likely N-dealkylation sites (tertiary alicyclic amines) is 1. The summed E-state index contributed by atoms with van der Waals surface area (Å²) in [6.45, 7) is 9.39. The van der Waals surface area contributed by atoms with Gasteiger partial charge in [0.1, 0.15) is 0 Å². The van der Waals surface area contributed by atoms with E-state index in [1.165, 1.54) is 37.2 Å². The molecule has 0 aliphatic carbocycles. The summed E-state index contributed by atoms with van der Waals surface area (Å²) in [5.41, 5.74) is 0. The van der Waals surface area contributed by atoms with Crippen molar-refractivity contribution < 1.29 is 9.47 Å². The predicted octanol–water partition coefficient (Wildman–Crippen LogP) is 3.64. The molecule has 2 fully saturated rings. The van der Waals surface area contributed by atoms with Crippen LogP contribution in [0.25, 0.3) is 0 Å². The third-order valence-electron chi connectivity index (χ3n) is 5.31. The van der Waals surface area contributed by atoms with Crippen LogP contribution >= 0.6 is 35.3 Å². The second-order valence-electron chi connectivity index (χ2n) is 7.48. The van der Waals surface area contributed by atoms with Gasteiger partial charge in [0.15, 0.2) is 5.96 Å². The molecule has 0 aromatic carbocycles. The Morgan fingerprint density at radius 3 is 2.90 bits per heavy atom. The minimum absolute atomic E-state index is 0. The van der Waals surface area contributed by atoms with Crippen LogP contribution in [-0.2, 0) is 9.47 Å². The molecule has 2 N–H and O–H groups in total. The van der Waals surface area contributed by atoms with Gasteiger partial charge in [-0.1, -0.05) is 6.07 Å². The lowest BCUT2D eigenvalue weighted by molar-refractivity contribution is 0.0168. The summed E-state index contributed by atoms with van der Waals surface area (Å²) >= 11 is 1.84. The Labute approximate surface area is 196 Å². The van der Waals surface area contributed by atoms with E-state index < -0.39 is 0 Å². The van der Waals surface area contributed by atoms with Crippen molar-refractivity contribution >= 4 is 41.3 Å². The topological polar surface area (TPSA) is 58.1 Å². The molecule has 1 aromatic heterocycles. The highest BCUT2D eigenvalue weighted by atomic mass is 127. The molecule has 0 bridgehead atoms. The van der Waals surface area contributed by atoms with Crippen LogP contribution in [0.15, 0.2) is 22.5 Å². The van der Waals surface area contributed by atoms with Crippen LogP contribution in [0.5, 0.6) is 0 Å². The monoisotopic (exact) mass is 536 g/mol. The fourth-order valence-corrected chi connectivity index (χ4v) is 4.66. The molecule has 0 amide bonds. The predicted molar refractivity (Wildman–Crippen MR) is 132 cm³/mol. The van der Waals surface area contributed by atoms with Crippen molar-refractivity contribution in [2.45, 2.75) is 51.2 Å². The lowest BCUT2D eigenvalue weighted by Gasteiger charge is -2.25. The van der Waals surface area contributed by atoms with E-state index >= 15 is 0 Å². The highest BCUT2D eigenvalue weighted by molar-refractivity contribution is 14.0. The average Bonchev–Trinajstić information content (AvgIpc) is 3.48. The van der Waals surface area contributed by atoms with E-state index in [4.69, 9.17) is 14.5 Å². The van der Waals surface area contributed by atoms with Crippen LogP contribution in [0.4, 0.5) is 0 Å². The van der Waals surface area contributed by atoms with Crippen LogP contribution in [0.2, 0.25) is 0 Å². The average molecular weight is 537 g/mol. The molecule has 29 heavy (non-hydrogen) atoms. The Kier molecular flexibility index (Phi) is 12.5. The first-order valence-corrected chi connectivity index (χ1v) is 11.7. The zero-order valence-corrected chi connectivity index (χ0v) is 20.8. The second-order valence-corrected chi connectivity index (χ2v) is 8.46. The van der Waals surface area contributed by atoms with Gasteiger partial charge in [-0.15, -0.1) is 35.3 Å². The van der Waals surface area contributed by atoms with E-state index in [-0.39, 0.29) is 24.0 Å². The van der Waals surface area contributed by atoms with Crippen molar-refractivity contribution in [3.05, 3.63) is 22.4 Å². The van der Waals surface area contributed by atoms with Crippen molar-refractivity contribution in [2.75, 3.05) is 52.5 Å². The zero-order valence-electron chi connectivity index (χ0n) is 17.6. The number of nitrogens with zero attached hydrogens (tertiary/aromatic N) is 2. The largest absolute Gasteiger partial charge is 0.379 e. The molecule has 1 aromatic rings. The van der Waals surface area contributed by atoms with Crippen LogP contribution in [0, 0.1) is 0 Å². The number of guanidine groups is 1. The van der Waals surface area contributed by atoms with Gasteiger partial charge in [0.05, 0.1) is 25.3 Å². The fourth-order valence-electron chi connectivity index (χ4n) is 3.81. The summed E-state index contributed by atoms with van der Waals surface area (Å²) < 4.78 is 11.3. The highest BCUT2D eigenvalue weighted by Gasteiger charge is 2.24. The van der Waals surface area contributed by atoms with Gasteiger partial charge in [-0.2, -0.15) is 0 Å². The Morgan fingerprint density at radius 2 is 2.21 bits per heavy atom. The van der Waals surface area contributed by atoms with Crippen molar-refractivity contribution in [1.29, 1.82) is 0 Å². The normalized spacial score (nSPS) is 21.1. The number of hydrogen-bond acceptors (Lipinski definition) is 5. The smallest absolute Gasteiger partial charge is 0.191 e. The third kappa shape index (κ3) is 8.69. The van der Waals surface area contributed by atoms with Gasteiger partial charge in [-0.25, -0.2) is 0 Å². The Bertz CT molecular complexity index is 561. The first-order chi connectivity index (χ1) is 13.9. The van der Waals surface area contributed by atoms with Crippen molar-refractivity contribution in [3.8, 4) is 0 Å². The van der Waals surface area contributed by atoms with E-state index in [2.05, 4.69) is 40.0 Å². The summed E-state index contributed by atoms with van der Waals surface area (Å²) in [6, 6.07) is 4.79. The van der Waals surface area contributed by atoms with Gasteiger partial charge in [0.2, 0.25) is 0 Å². The van der Waals surface area contributed by atoms with Gasteiger partial charge < -0.3 is 20.1 Å². The molecule has 2 saturated heterocycles. The van der Waals surface area contributed by atoms with E-state index in [9.17, 15) is 0 Å². The molecule has 0 saturated carbocycles. The molecule has 2 aliphatic heterocycles. The number of ether oxygens (including phenoxy) is 2. The standard InChI is InChI=1S/C21H36N4O2S.HI/c1-2-22-21(23-10-7-13-26-17-18-8-5-14-27-18)24-16-19(20-9-6-15-28-20)25-11-3-4-12-25;/h6,9,15,18-19H,2-5,7-8,10-14,16-17H2,1H3,(H2,22,23,24);1H. The fraction of sp³-hybridized carbons (Fsp3) is 0.762. The first kappa shape index (κ1) is 24.8. The summed E-state index contributed by atoms with van der Waals surface area (Å²) in [5.74, 6) is 0.905. The van der Waals surface area contributed by atoms with Gasteiger partial charge in [-0.3, -0.25) is 9.89 Å². The lowest BCUT2D eigenvalue weighted by atomic mass is 10.2. The zero-order chi connectivity index (χ0) is 19.4. The van der Waals surface area contributed by atoms with Crippen LogP contribution < -0.4 is 10.6 Å². The number of rotatable bonds is 11. The van der Waals surface area contributed by atoms with Gasteiger partial charge in [0.25, 0.3) is 0 Å². The summed E-state index contributed by atoms with van der Waals surface area (Å²) in [4.78, 5) is 8.90. The Hall–Kier alpha value is -0.420. The van der Waals surface area contributed by atoms with E-state index in [0.29, 0.717) is 12.1 Å². The molecule has 0 radical (unpaired) electrons. The third-order valence-corrected chi connectivity index (χ3v) is 6.28. The van der Waals surface area contributed by atoms with Crippen molar-refractivity contribution in [2.24, 2.45) is 4.99 Å². The molecule has 2 atom stereocenters. The van der Waals surface area contributed by atoms with E-state index in [0.717, 1.165) is 58.3 Å². The maximum Gasteiger partial charge on any atom is 0.191 e. The molecule has 166 valence electrons. The molecule has 2 aliphatic rings. The molecule has 0 spiro atoms. The maximum atomic E-state index is 5.74. The van der Waals surface area contributed by atoms with Gasteiger partial charge >= 0.3 is 0 Å². The number of hydrogen-bond donors (Lipinski definition) is 2. The van der Waals surface area contributed by atoms with Gasteiger partial charge in [0, 0.05) is 31.2 Å². The van der Waals surface area contributed by atoms with E-state index in [1.54, 1.807) is 0 Å².